The van der Waals surface area contributed by atoms with E-state index in [9.17, 15) is 0 Å². The summed E-state index contributed by atoms with van der Waals surface area (Å²) in [5.74, 6) is 0.724. The summed E-state index contributed by atoms with van der Waals surface area (Å²) >= 11 is 6.70. The Morgan fingerprint density at radius 3 is 2.77 bits per heavy atom. The number of benzene rings is 1. The van der Waals surface area contributed by atoms with Crippen molar-refractivity contribution in [2.75, 3.05) is 0 Å². The van der Waals surface area contributed by atoms with Crippen LogP contribution in [0.3, 0.4) is 0 Å². The Kier molecular flexibility index (Phi) is 2.69. The summed E-state index contributed by atoms with van der Waals surface area (Å²) in [5.41, 5.74) is 2.97. The SMILES string of the molecule is BrCc1ccc2nc(CBr)oc2c1. The number of hydrogen-bond donors (Lipinski definition) is 0. The van der Waals surface area contributed by atoms with Crippen LogP contribution in [0, 0.1) is 0 Å². The fourth-order valence-corrected chi connectivity index (χ4v) is 1.75. The monoisotopic (exact) mass is 303 g/mol. The lowest BCUT2D eigenvalue weighted by Gasteiger charge is -1.91. The molecule has 1 heterocycles. The van der Waals surface area contributed by atoms with Crippen molar-refractivity contribution in [1.29, 1.82) is 0 Å². The van der Waals surface area contributed by atoms with Crippen molar-refractivity contribution >= 4 is 43.0 Å². The van der Waals surface area contributed by atoms with Gasteiger partial charge in [-0.3, -0.25) is 0 Å². The predicted molar refractivity (Wildman–Crippen MR) is 59.3 cm³/mol. The van der Waals surface area contributed by atoms with Crippen LogP contribution in [-0.4, -0.2) is 4.98 Å². The summed E-state index contributed by atoms with van der Waals surface area (Å²) in [6.45, 7) is 0. The Balaban J connectivity index is 2.57. The molecule has 0 fully saturated rings. The van der Waals surface area contributed by atoms with Crippen molar-refractivity contribution < 1.29 is 4.42 Å². The summed E-state index contributed by atoms with van der Waals surface area (Å²) in [5, 5.41) is 1.50. The molecule has 0 N–H and O–H groups in total. The zero-order valence-electron chi connectivity index (χ0n) is 6.76. The number of hydrogen-bond acceptors (Lipinski definition) is 2. The Labute approximate surface area is 92.6 Å². The first-order valence-electron chi connectivity index (χ1n) is 3.84. The average Bonchev–Trinajstić information content (AvgIpc) is 2.58. The Morgan fingerprint density at radius 2 is 2.08 bits per heavy atom. The second-order valence-electron chi connectivity index (χ2n) is 2.68. The van der Waals surface area contributed by atoms with Gasteiger partial charge in [0.2, 0.25) is 5.89 Å². The van der Waals surface area contributed by atoms with Crippen molar-refractivity contribution in [1.82, 2.24) is 4.98 Å². The summed E-state index contributed by atoms with van der Waals surface area (Å²) < 4.78 is 5.48. The zero-order valence-corrected chi connectivity index (χ0v) is 9.93. The van der Waals surface area contributed by atoms with E-state index in [1.54, 1.807) is 0 Å². The number of fused-ring (bicyclic) bond motifs is 1. The maximum absolute atomic E-state index is 5.48. The number of halogens is 2. The van der Waals surface area contributed by atoms with E-state index < -0.39 is 0 Å². The minimum Gasteiger partial charge on any atom is -0.440 e. The molecule has 0 aliphatic rings. The van der Waals surface area contributed by atoms with Gasteiger partial charge in [-0.25, -0.2) is 4.98 Å². The molecule has 2 rings (SSSR count). The smallest absolute Gasteiger partial charge is 0.206 e. The molecule has 2 nitrogen and oxygen atoms in total. The van der Waals surface area contributed by atoms with Gasteiger partial charge in [0.15, 0.2) is 5.58 Å². The van der Waals surface area contributed by atoms with Crippen molar-refractivity contribution in [3.05, 3.63) is 29.7 Å². The average molecular weight is 305 g/mol. The molecule has 0 unspecified atom stereocenters. The van der Waals surface area contributed by atoms with Crippen LogP contribution in [0.4, 0.5) is 0 Å². The van der Waals surface area contributed by atoms with Crippen LogP contribution < -0.4 is 0 Å². The first-order chi connectivity index (χ1) is 6.33. The molecule has 2 aromatic rings. The van der Waals surface area contributed by atoms with Crippen LogP contribution in [0.25, 0.3) is 11.1 Å². The van der Waals surface area contributed by atoms with Gasteiger partial charge >= 0.3 is 0 Å². The van der Waals surface area contributed by atoms with Crippen LogP contribution in [0.15, 0.2) is 22.6 Å². The van der Waals surface area contributed by atoms with Crippen molar-refractivity contribution in [3.8, 4) is 0 Å². The molecular formula is C9H7Br2NO. The molecule has 0 radical (unpaired) electrons. The van der Waals surface area contributed by atoms with Gasteiger partial charge in [-0.15, -0.1) is 0 Å². The lowest BCUT2D eigenvalue weighted by molar-refractivity contribution is 0.557. The van der Waals surface area contributed by atoms with Gasteiger partial charge in [0.05, 0.1) is 5.33 Å². The molecule has 4 heteroatoms. The first kappa shape index (κ1) is 9.21. The van der Waals surface area contributed by atoms with Crippen molar-refractivity contribution in [2.45, 2.75) is 10.7 Å². The Morgan fingerprint density at radius 1 is 1.23 bits per heavy atom. The van der Waals surface area contributed by atoms with Gasteiger partial charge < -0.3 is 4.42 Å². The Bertz CT molecular complexity index is 422. The van der Waals surface area contributed by atoms with Crippen LogP contribution in [0.2, 0.25) is 0 Å². The van der Waals surface area contributed by atoms with Crippen molar-refractivity contribution in [3.63, 3.8) is 0 Å². The van der Waals surface area contributed by atoms with E-state index in [0.29, 0.717) is 5.33 Å². The van der Waals surface area contributed by atoms with Gasteiger partial charge in [0.25, 0.3) is 0 Å². The standard InChI is InChI=1S/C9H7Br2NO/c10-4-6-1-2-7-8(3-6)13-9(5-11)12-7/h1-3H,4-5H2. The van der Waals surface area contributed by atoms with Gasteiger partial charge in [0.1, 0.15) is 5.52 Å². The minimum atomic E-state index is 0.658. The lowest BCUT2D eigenvalue weighted by Crippen LogP contribution is -1.75. The summed E-state index contributed by atoms with van der Waals surface area (Å²) in [6, 6.07) is 6.02. The third kappa shape index (κ3) is 1.79. The molecule has 68 valence electrons. The van der Waals surface area contributed by atoms with E-state index >= 15 is 0 Å². The van der Waals surface area contributed by atoms with E-state index in [0.717, 1.165) is 22.3 Å². The molecule has 0 amide bonds. The predicted octanol–water partition coefficient (Wildman–Crippen LogP) is 3.62. The molecule has 13 heavy (non-hydrogen) atoms. The molecule has 0 saturated heterocycles. The van der Waals surface area contributed by atoms with Crippen LogP contribution in [0.5, 0.6) is 0 Å². The molecule has 0 aliphatic carbocycles. The molecule has 1 aromatic carbocycles. The molecule has 0 spiro atoms. The lowest BCUT2D eigenvalue weighted by atomic mass is 10.2. The summed E-state index contributed by atoms with van der Waals surface area (Å²) in [7, 11) is 0. The minimum absolute atomic E-state index is 0.658. The third-order valence-corrected chi connectivity index (χ3v) is 2.89. The number of nitrogens with zero attached hydrogens (tertiary/aromatic N) is 1. The van der Waals surface area contributed by atoms with E-state index in [-0.39, 0.29) is 0 Å². The maximum Gasteiger partial charge on any atom is 0.206 e. The molecule has 1 aromatic heterocycles. The van der Waals surface area contributed by atoms with Crippen molar-refractivity contribution in [2.24, 2.45) is 0 Å². The van der Waals surface area contributed by atoms with Gasteiger partial charge in [-0.05, 0) is 17.7 Å². The highest BCUT2D eigenvalue weighted by molar-refractivity contribution is 9.08. The normalized spacial score (nSPS) is 10.9. The molecular weight excluding hydrogens is 298 g/mol. The van der Waals surface area contributed by atoms with Gasteiger partial charge in [-0.1, -0.05) is 37.9 Å². The highest BCUT2D eigenvalue weighted by atomic mass is 79.9. The zero-order chi connectivity index (χ0) is 9.26. The largest absolute Gasteiger partial charge is 0.440 e. The molecule has 0 atom stereocenters. The topological polar surface area (TPSA) is 26.0 Å². The third-order valence-electron chi connectivity index (χ3n) is 1.77. The maximum atomic E-state index is 5.48. The van der Waals surface area contributed by atoms with Crippen LogP contribution >= 0.6 is 31.9 Å². The number of alkyl halides is 2. The number of aromatic nitrogens is 1. The van der Waals surface area contributed by atoms with E-state index in [1.165, 1.54) is 5.56 Å². The number of oxazole rings is 1. The first-order valence-corrected chi connectivity index (χ1v) is 6.08. The van der Waals surface area contributed by atoms with Crippen LogP contribution in [0.1, 0.15) is 11.5 Å². The van der Waals surface area contributed by atoms with E-state index in [2.05, 4.69) is 36.8 Å². The molecule has 0 saturated carbocycles. The fraction of sp³-hybridized carbons (Fsp3) is 0.222. The molecule has 0 aliphatic heterocycles. The highest BCUT2D eigenvalue weighted by Gasteiger charge is 2.04. The van der Waals surface area contributed by atoms with E-state index in [1.807, 2.05) is 18.2 Å². The fourth-order valence-electron chi connectivity index (χ4n) is 1.16. The van der Waals surface area contributed by atoms with E-state index in [4.69, 9.17) is 4.42 Å². The summed E-state index contributed by atoms with van der Waals surface area (Å²) in [6.07, 6.45) is 0. The van der Waals surface area contributed by atoms with Gasteiger partial charge in [0, 0.05) is 5.33 Å². The highest BCUT2D eigenvalue weighted by Crippen LogP contribution is 2.19. The quantitative estimate of drug-likeness (QED) is 0.792. The Hall–Kier alpha value is -0.350. The van der Waals surface area contributed by atoms with Gasteiger partial charge in [-0.2, -0.15) is 0 Å². The second kappa shape index (κ2) is 3.80. The van der Waals surface area contributed by atoms with Crippen LogP contribution in [-0.2, 0) is 10.7 Å². The number of rotatable bonds is 2. The molecule has 0 bridgehead atoms. The summed E-state index contributed by atoms with van der Waals surface area (Å²) in [4.78, 5) is 4.28. The second-order valence-corrected chi connectivity index (χ2v) is 3.80.